The summed E-state index contributed by atoms with van der Waals surface area (Å²) in [4.78, 5) is 0. The Hall–Kier alpha value is -0.820. The Morgan fingerprint density at radius 1 is 0.929 bits per heavy atom. The van der Waals surface area contributed by atoms with E-state index in [9.17, 15) is 0 Å². The van der Waals surface area contributed by atoms with Gasteiger partial charge in [0.05, 0.1) is 0 Å². The van der Waals surface area contributed by atoms with Crippen LogP contribution in [0.4, 0.5) is 0 Å². The summed E-state index contributed by atoms with van der Waals surface area (Å²) in [6.07, 6.45) is 0. The molecule has 0 saturated carbocycles. The average Bonchev–Trinajstić information content (AvgIpc) is 2.23. The summed E-state index contributed by atoms with van der Waals surface area (Å²) in [5.74, 6) is 0.659. The number of benzene rings is 1. The lowest BCUT2D eigenvalue weighted by Gasteiger charge is -2.01. The maximum Gasteiger partial charge on any atom is 0.0351 e. The van der Waals surface area contributed by atoms with Crippen LogP contribution in [-0.2, 0) is 4.74 Å². The number of rotatable bonds is 1. The first-order valence-electron chi connectivity index (χ1n) is 5.17. The van der Waals surface area contributed by atoms with Gasteiger partial charge in [-0.3, -0.25) is 0 Å². The maximum atomic E-state index is 4.25. The van der Waals surface area contributed by atoms with Crippen molar-refractivity contribution in [2.24, 2.45) is 0 Å². The Labute approximate surface area is 89.1 Å². The number of hydrogen-bond acceptors (Lipinski definition) is 1. The van der Waals surface area contributed by atoms with Crippen molar-refractivity contribution in [2.75, 3.05) is 14.2 Å². The number of hydrogen-bond donors (Lipinski definition) is 0. The fourth-order valence-electron chi connectivity index (χ4n) is 0.838. The van der Waals surface area contributed by atoms with Gasteiger partial charge in [-0.15, -0.1) is 0 Å². The summed E-state index contributed by atoms with van der Waals surface area (Å²) < 4.78 is 4.25. The molecule has 0 saturated heterocycles. The van der Waals surface area contributed by atoms with Gasteiger partial charge < -0.3 is 4.74 Å². The van der Waals surface area contributed by atoms with Crippen LogP contribution in [0.1, 0.15) is 39.2 Å². The van der Waals surface area contributed by atoms with Crippen LogP contribution in [0.2, 0.25) is 0 Å². The van der Waals surface area contributed by atoms with E-state index in [0.29, 0.717) is 5.92 Å². The lowest BCUT2D eigenvalue weighted by Crippen LogP contribution is -1.83. The molecule has 0 unspecified atom stereocenters. The first kappa shape index (κ1) is 15.6. The minimum absolute atomic E-state index is 0.659. The van der Waals surface area contributed by atoms with Crippen molar-refractivity contribution in [2.45, 2.75) is 33.6 Å². The second-order valence-electron chi connectivity index (χ2n) is 2.97. The van der Waals surface area contributed by atoms with Crippen molar-refractivity contribution >= 4 is 0 Å². The molecule has 0 atom stereocenters. The molecule has 0 aliphatic carbocycles. The third-order valence-electron chi connectivity index (χ3n) is 1.47. The molecule has 0 radical (unpaired) electrons. The van der Waals surface area contributed by atoms with Gasteiger partial charge in [-0.05, 0) is 11.5 Å². The highest BCUT2D eigenvalue weighted by Crippen LogP contribution is 2.11. The molecule has 1 heteroatoms. The minimum Gasteiger partial charge on any atom is -0.388 e. The Bertz CT molecular complexity index is 180. The van der Waals surface area contributed by atoms with E-state index < -0.39 is 0 Å². The molecule has 0 aromatic heterocycles. The zero-order chi connectivity index (χ0) is 11.4. The van der Waals surface area contributed by atoms with Gasteiger partial charge in [0, 0.05) is 14.2 Å². The SMILES string of the molecule is CC.CC(C)c1ccccc1.COC. The smallest absolute Gasteiger partial charge is 0.0351 e. The van der Waals surface area contributed by atoms with E-state index in [1.807, 2.05) is 19.9 Å². The Balaban J connectivity index is 0. The Kier molecular flexibility index (Phi) is 13.6. The average molecular weight is 196 g/mol. The minimum atomic E-state index is 0.659. The molecule has 14 heavy (non-hydrogen) atoms. The maximum absolute atomic E-state index is 4.25. The van der Waals surface area contributed by atoms with Crippen LogP contribution >= 0.6 is 0 Å². The zero-order valence-corrected chi connectivity index (χ0v) is 10.4. The first-order chi connectivity index (χ1) is 6.72. The predicted octanol–water partition coefficient (Wildman–Crippen LogP) is 4.10. The normalized spacial score (nSPS) is 8.21. The fraction of sp³-hybridized carbons (Fsp3) is 0.538. The molecule has 0 heterocycles. The summed E-state index contributed by atoms with van der Waals surface area (Å²) in [5.41, 5.74) is 1.41. The van der Waals surface area contributed by atoms with Crippen molar-refractivity contribution in [3.8, 4) is 0 Å². The number of ether oxygens (including phenoxy) is 1. The van der Waals surface area contributed by atoms with Crippen LogP contribution in [0, 0.1) is 0 Å². The standard InChI is InChI=1S/C9H12.C2H6O.C2H6/c1-8(2)9-6-4-3-5-7-9;1-3-2;1-2/h3-8H,1-2H3;1-2H3;1-2H3. The molecule has 0 amide bonds. The van der Waals surface area contributed by atoms with Crippen LogP contribution in [0.25, 0.3) is 0 Å². The third kappa shape index (κ3) is 9.27. The van der Waals surface area contributed by atoms with Crippen molar-refractivity contribution < 1.29 is 4.74 Å². The summed E-state index contributed by atoms with van der Waals surface area (Å²) in [6.45, 7) is 8.41. The monoisotopic (exact) mass is 196 g/mol. The van der Waals surface area contributed by atoms with Gasteiger partial charge in [-0.2, -0.15) is 0 Å². The predicted molar refractivity (Wildman–Crippen MR) is 64.8 cm³/mol. The van der Waals surface area contributed by atoms with Crippen LogP contribution in [0.3, 0.4) is 0 Å². The van der Waals surface area contributed by atoms with E-state index in [0.717, 1.165) is 0 Å². The summed E-state index contributed by atoms with van der Waals surface area (Å²) in [6, 6.07) is 10.5. The number of methoxy groups -OCH3 is 1. The highest BCUT2D eigenvalue weighted by molar-refractivity contribution is 5.17. The summed E-state index contributed by atoms with van der Waals surface area (Å²) in [7, 11) is 3.25. The molecule has 0 aliphatic rings. The lowest BCUT2D eigenvalue weighted by molar-refractivity contribution is 0.277. The molecule has 0 fully saturated rings. The molecule has 0 aliphatic heterocycles. The van der Waals surface area contributed by atoms with Gasteiger partial charge in [-0.1, -0.05) is 58.0 Å². The molecule has 0 bridgehead atoms. The summed E-state index contributed by atoms with van der Waals surface area (Å²) >= 11 is 0. The van der Waals surface area contributed by atoms with Crippen LogP contribution in [0.15, 0.2) is 30.3 Å². The van der Waals surface area contributed by atoms with Crippen molar-refractivity contribution in [1.29, 1.82) is 0 Å². The van der Waals surface area contributed by atoms with E-state index in [-0.39, 0.29) is 0 Å². The first-order valence-corrected chi connectivity index (χ1v) is 5.17. The van der Waals surface area contributed by atoms with E-state index >= 15 is 0 Å². The molecule has 1 nitrogen and oxygen atoms in total. The molecule has 82 valence electrons. The molecular formula is C13H24O. The summed E-state index contributed by atoms with van der Waals surface area (Å²) in [5, 5.41) is 0. The van der Waals surface area contributed by atoms with Gasteiger partial charge >= 0.3 is 0 Å². The van der Waals surface area contributed by atoms with Gasteiger partial charge in [0.25, 0.3) is 0 Å². The van der Waals surface area contributed by atoms with Crippen molar-refractivity contribution in [3.63, 3.8) is 0 Å². The van der Waals surface area contributed by atoms with Gasteiger partial charge in [0.1, 0.15) is 0 Å². The van der Waals surface area contributed by atoms with E-state index in [2.05, 4.69) is 42.8 Å². The van der Waals surface area contributed by atoms with Crippen LogP contribution in [-0.4, -0.2) is 14.2 Å². The third-order valence-corrected chi connectivity index (χ3v) is 1.47. The van der Waals surface area contributed by atoms with Gasteiger partial charge in [0.15, 0.2) is 0 Å². The van der Waals surface area contributed by atoms with Crippen LogP contribution in [0.5, 0.6) is 0 Å². The molecular weight excluding hydrogens is 172 g/mol. The molecule has 1 aromatic carbocycles. The topological polar surface area (TPSA) is 9.23 Å². The van der Waals surface area contributed by atoms with Crippen molar-refractivity contribution in [1.82, 2.24) is 0 Å². The zero-order valence-electron chi connectivity index (χ0n) is 10.4. The van der Waals surface area contributed by atoms with E-state index in [1.54, 1.807) is 14.2 Å². The van der Waals surface area contributed by atoms with Gasteiger partial charge in [-0.25, -0.2) is 0 Å². The quantitative estimate of drug-likeness (QED) is 0.657. The largest absolute Gasteiger partial charge is 0.388 e. The second-order valence-corrected chi connectivity index (χ2v) is 2.97. The highest BCUT2D eigenvalue weighted by atomic mass is 16.4. The highest BCUT2D eigenvalue weighted by Gasteiger charge is 1.93. The fourth-order valence-corrected chi connectivity index (χ4v) is 0.838. The van der Waals surface area contributed by atoms with E-state index in [4.69, 9.17) is 0 Å². The molecule has 0 N–H and O–H groups in total. The Morgan fingerprint density at radius 3 is 1.50 bits per heavy atom. The van der Waals surface area contributed by atoms with Crippen LogP contribution < -0.4 is 0 Å². The molecule has 0 spiro atoms. The second kappa shape index (κ2) is 12.2. The Morgan fingerprint density at radius 2 is 1.29 bits per heavy atom. The lowest BCUT2D eigenvalue weighted by atomic mass is 10.0. The van der Waals surface area contributed by atoms with E-state index in [1.165, 1.54) is 5.56 Å². The molecule has 1 rings (SSSR count). The molecule has 1 aromatic rings. The van der Waals surface area contributed by atoms with Gasteiger partial charge in [0.2, 0.25) is 0 Å². The van der Waals surface area contributed by atoms with Crippen molar-refractivity contribution in [3.05, 3.63) is 35.9 Å².